The van der Waals surface area contributed by atoms with Gasteiger partial charge in [-0.05, 0) is 37.1 Å². The lowest BCUT2D eigenvalue weighted by Gasteiger charge is -2.07. The van der Waals surface area contributed by atoms with Crippen molar-refractivity contribution in [2.45, 2.75) is 26.8 Å². The van der Waals surface area contributed by atoms with E-state index in [0.717, 1.165) is 18.5 Å². The molecule has 0 saturated heterocycles. The van der Waals surface area contributed by atoms with Crippen LogP contribution in [0.25, 0.3) is 0 Å². The normalized spacial score (nSPS) is 10.6. The molecule has 0 aliphatic rings. The lowest BCUT2D eigenvalue weighted by Crippen LogP contribution is -2.11. The zero-order valence-electron chi connectivity index (χ0n) is 10.7. The van der Waals surface area contributed by atoms with Crippen LogP contribution in [-0.2, 0) is 6.54 Å². The first-order chi connectivity index (χ1) is 8.61. The van der Waals surface area contributed by atoms with Gasteiger partial charge in [0.25, 0.3) is 0 Å². The molecule has 0 aliphatic carbocycles. The molecule has 2 N–H and O–H groups in total. The molecule has 0 unspecified atom stereocenters. The molecule has 1 aromatic carbocycles. The van der Waals surface area contributed by atoms with Crippen LogP contribution >= 0.6 is 0 Å². The van der Waals surface area contributed by atoms with Crippen molar-refractivity contribution in [1.82, 2.24) is 9.55 Å². The highest BCUT2D eigenvalue weighted by molar-refractivity contribution is 6.07. The topological polar surface area (TPSA) is 60.9 Å². The summed E-state index contributed by atoms with van der Waals surface area (Å²) in [5.41, 5.74) is 7.94. The number of nitrogens with two attached hydrogens (primary N) is 1. The predicted octanol–water partition coefficient (Wildman–Crippen LogP) is 2.41. The van der Waals surface area contributed by atoms with E-state index in [1.807, 2.05) is 29.8 Å². The van der Waals surface area contributed by atoms with E-state index in [0.29, 0.717) is 17.1 Å². The Kier molecular flexibility index (Phi) is 3.46. The zero-order valence-corrected chi connectivity index (χ0v) is 10.7. The van der Waals surface area contributed by atoms with Gasteiger partial charge in [0.15, 0.2) is 5.82 Å². The Morgan fingerprint density at radius 1 is 1.39 bits per heavy atom. The second-order valence-electron chi connectivity index (χ2n) is 4.41. The van der Waals surface area contributed by atoms with Gasteiger partial charge in [0.05, 0.1) is 0 Å². The molecule has 94 valence electrons. The maximum atomic E-state index is 12.4. The summed E-state index contributed by atoms with van der Waals surface area (Å²) in [6, 6.07) is 5.37. The van der Waals surface area contributed by atoms with Gasteiger partial charge in [-0.15, -0.1) is 0 Å². The summed E-state index contributed by atoms with van der Waals surface area (Å²) in [5.74, 6) is 0.394. The molecule has 1 aromatic heterocycles. The number of imidazole rings is 1. The first kappa shape index (κ1) is 12.4. The highest BCUT2D eigenvalue weighted by atomic mass is 16.1. The van der Waals surface area contributed by atoms with Gasteiger partial charge in [0.1, 0.15) is 0 Å². The number of carbonyl (C=O) groups is 1. The number of ketones is 1. The van der Waals surface area contributed by atoms with Crippen LogP contribution in [0.3, 0.4) is 0 Å². The van der Waals surface area contributed by atoms with Gasteiger partial charge in [-0.3, -0.25) is 4.79 Å². The van der Waals surface area contributed by atoms with Gasteiger partial charge in [0.2, 0.25) is 5.78 Å². The minimum absolute atomic E-state index is 0.0798. The van der Waals surface area contributed by atoms with Crippen molar-refractivity contribution in [2.24, 2.45) is 0 Å². The molecule has 0 fully saturated rings. The highest BCUT2D eigenvalue weighted by Gasteiger charge is 2.15. The molecule has 0 atom stereocenters. The first-order valence-electron chi connectivity index (χ1n) is 6.05. The van der Waals surface area contributed by atoms with E-state index in [4.69, 9.17) is 5.73 Å². The number of rotatable bonds is 4. The number of aromatic nitrogens is 2. The van der Waals surface area contributed by atoms with Crippen LogP contribution in [0.4, 0.5) is 5.69 Å². The quantitative estimate of drug-likeness (QED) is 0.662. The highest BCUT2D eigenvalue weighted by Crippen LogP contribution is 2.15. The van der Waals surface area contributed by atoms with Gasteiger partial charge < -0.3 is 10.3 Å². The van der Waals surface area contributed by atoms with Crippen LogP contribution < -0.4 is 5.73 Å². The number of anilines is 1. The van der Waals surface area contributed by atoms with Crippen molar-refractivity contribution >= 4 is 11.5 Å². The van der Waals surface area contributed by atoms with E-state index >= 15 is 0 Å². The van der Waals surface area contributed by atoms with Crippen LogP contribution in [0.1, 0.15) is 35.1 Å². The molecule has 0 spiro atoms. The lowest BCUT2D eigenvalue weighted by molar-refractivity contribution is 0.102. The fourth-order valence-electron chi connectivity index (χ4n) is 2.01. The Morgan fingerprint density at radius 2 is 2.17 bits per heavy atom. The fourth-order valence-corrected chi connectivity index (χ4v) is 2.01. The molecule has 4 heteroatoms. The van der Waals surface area contributed by atoms with Crippen molar-refractivity contribution in [3.63, 3.8) is 0 Å². The molecule has 0 radical (unpaired) electrons. The van der Waals surface area contributed by atoms with E-state index in [2.05, 4.69) is 11.9 Å². The third-order valence-electron chi connectivity index (χ3n) is 2.74. The zero-order chi connectivity index (χ0) is 13.1. The third-order valence-corrected chi connectivity index (χ3v) is 2.74. The molecular formula is C14H17N3O. The summed E-state index contributed by atoms with van der Waals surface area (Å²) in [5, 5.41) is 0. The lowest BCUT2D eigenvalue weighted by atomic mass is 10.1. The summed E-state index contributed by atoms with van der Waals surface area (Å²) < 4.78 is 1.88. The summed E-state index contributed by atoms with van der Waals surface area (Å²) in [6.07, 6.45) is 4.45. The van der Waals surface area contributed by atoms with Gasteiger partial charge in [-0.2, -0.15) is 0 Å². The van der Waals surface area contributed by atoms with Crippen LogP contribution in [0, 0.1) is 6.92 Å². The Bertz CT molecular complexity index is 552. The molecule has 18 heavy (non-hydrogen) atoms. The van der Waals surface area contributed by atoms with Crippen molar-refractivity contribution in [1.29, 1.82) is 0 Å². The SMILES string of the molecule is CCCn1ccnc1C(=O)c1cc(C)cc(N)c1. The standard InChI is InChI=1S/C14H17N3O/c1-3-5-17-6-4-16-14(17)13(18)11-7-10(2)8-12(15)9-11/h4,6-9H,3,5,15H2,1-2H3. The van der Waals surface area contributed by atoms with Crippen molar-refractivity contribution < 1.29 is 4.79 Å². The van der Waals surface area contributed by atoms with Crippen molar-refractivity contribution in [3.05, 3.63) is 47.5 Å². The number of hydrogen-bond acceptors (Lipinski definition) is 3. The smallest absolute Gasteiger partial charge is 0.228 e. The molecular weight excluding hydrogens is 226 g/mol. The Morgan fingerprint density at radius 3 is 2.83 bits per heavy atom. The number of aryl methyl sites for hydroxylation is 2. The Labute approximate surface area is 106 Å². The molecule has 0 amide bonds. The summed E-state index contributed by atoms with van der Waals surface area (Å²) in [6.45, 7) is 4.78. The van der Waals surface area contributed by atoms with Gasteiger partial charge in [-0.1, -0.05) is 6.92 Å². The second kappa shape index (κ2) is 5.04. The predicted molar refractivity (Wildman–Crippen MR) is 71.5 cm³/mol. The average Bonchev–Trinajstić information content (AvgIpc) is 2.75. The van der Waals surface area contributed by atoms with E-state index in [9.17, 15) is 4.79 Å². The summed E-state index contributed by atoms with van der Waals surface area (Å²) in [4.78, 5) is 16.5. The van der Waals surface area contributed by atoms with Crippen molar-refractivity contribution in [3.8, 4) is 0 Å². The molecule has 1 heterocycles. The Balaban J connectivity index is 2.38. The molecule has 2 rings (SSSR count). The minimum Gasteiger partial charge on any atom is -0.399 e. The van der Waals surface area contributed by atoms with Gasteiger partial charge in [-0.25, -0.2) is 4.98 Å². The summed E-state index contributed by atoms with van der Waals surface area (Å²) >= 11 is 0. The second-order valence-corrected chi connectivity index (χ2v) is 4.41. The van der Waals surface area contributed by atoms with Crippen LogP contribution in [0.15, 0.2) is 30.6 Å². The first-order valence-corrected chi connectivity index (χ1v) is 6.05. The third kappa shape index (κ3) is 2.42. The van der Waals surface area contributed by atoms with Gasteiger partial charge >= 0.3 is 0 Å². The van der Waals surface area contributed by atoms with Crippen LogP contribution in [-0.4, -0.2) is 15.3 Å². The number of nitrogen functional groups attached to an aromatic ring is 1. The molecule has 0 saturated carbocycles. The van der Waals surface area contributed by atoms with E-state index in [1.54, 1.807) is 12.3 Å². The van der Waals surface area contributed by atoms with Crippen LogP contribution in [0.2, 0.25) is 0 Å². The Hall–Kier alpha value is -2.10. The van der Waals surface area contributed by atoms with E-state index < -0.39 is 0 Å². The maximum absolute atomic E-state index is 12.4. The minimum atomic E-state index is -0.0798. The summed E-state index contributed by atoms with van der Waals surface area (Å²) in [7, 11) is 0. The van der Waals surface area contributed by atoms with Crippen LogP contribution in [0.5, 0.6) is 0 Å². The number of nitrogens with zero attached hydrogens (tertiary/aromatic N) is 2. The number of hydrogen-bond donors (Lipinski definition) is 1. The number of carbonyl (C=O) groups excluding carboxylic acids is 1. The maximum Gasteiger partial charge on any atom is 0.228 e. The molecule has 0 aliphatic heterocycles. The van der Waals surface area contributed by atoms with Crippen molar-refractivity contribution in [2.75, 3.05) is 5.73 Å². The van der Waals surface area contributed by atoms with E-state index in [1.165, 1.54) is 0 Å². The number of benzene rings is 1. The molecule has 0 bridgehead atoms. The molecule has 4 nitrogen and oxygen atoms in total. The fraction of sp³-hybridized carbons (Fsp3) is 0.286. The van der Waals surface area contributed by atoms with E-state index in [-0.39, 0.29) is 5.78 Å². The average molecular weight is 243 g/mol. The van der Waals surface area contributed by atoms with Gasteiger partial charge in [0, 0.05) is 30.2 Å². The monoisotopic (exact) mass is 243 g/mol. The molecule has 2 aromatic rings. The largest absolute Gasteiger partial charge is 0.399 e.